The van der Waals surface area contributed by atoms with Crippen molar-refractivity contribution in [3.63, 3.8) is 0 Å². The number of carboxylic acid groups (broad SMARTS) is 2. The third-order valence-electron chi connectivity index (χ3n) is 4.49. The van der Waals surface area contributed by atoms with Crippen LogP contribution in [0.2, 0.25) is 0 Å². The number of aliphatic hydroxyl groups is 1. The number of rotatable bonds is 14. The topological polar surface area (TPSA) is 182 Å². The van der Waals surface area contributed by atoms with Gasteiger partial charge < -0.3 is 31.3 Å². The molecule has 1 aromatic rings. The zero-order chi connectivity index (χ0) is 24.1. The van der Waals surface area contributed by atoms with Gasteiger partial charge in [0.2, 0.25) is 17.7 Å². The van der Waals surface area contributed by atoms with Crippen LogP contribution in [0.15, 0.2) is 30.3 Å². The van der Waals surface area contributed by atoms with Gasteiger partial charge in [0.1, 0.15) is 18.1 Å². The molecule has 0 aliphatic rings. The van der Waals surface area contributed by atoms with E-state index >= 15 is 0 Å². The molecule has 1 rings (SSSR count). The first-order valence-electron chi connectivity index (χ1n) is 10.2. The summed E-state index contributed by atoms with van der Waals surface area (Å²) in [6, 6.07) is 4.82. The van der Waals surface area contributed by atoms with Gasteiger partial charge in [0, 0.05) is 19.3 Å². The van der Waals surface area contributed by atoms with Gasteiger partial charge in [0.15, 0.2) is 0 Å². The number of carbonyl (C=O) groups is 5. The Morgan fingerprint density at radius 1 is 0.844 bits per heavy atom. The SMILES string of the molecule is CCCC(=O)N[C@@H](Cc1ccccc1)C(=O)N[C@@H](CCC(=O)O)C(=O)N[C@@H](CO)C(=O)O. The van der Waals surface area contributed by atoms with E-state index < -0.39 is 54.9 Å². The summed E-state index contributed by atoms with van der Waals surface area (Å²) >= 11 is 0. The maximum atomic E-state index is 12.9. The first-order chi connectivity index (χ1) is 15.2. The van der Waals surface area contributed by atoms with Crippen LogP contribution in [0.5, 0.6) is 0 Å². The Labute approximate surface area is 185 Å². The Balaban J connectivity index is 3.02. The van der Waals surface area contributed by atoms with E-state index in [2.05, 4.69) is 16.0 Å². The van der Waals surface area contributed by atoms with E-state index in [0.29, 0.717) is 6.42 Å². The second kappa shape index (κ2) is 13.8. The van der Waals surface area contributed by atoms with E-state index in [0.717, 1.165) is 5.56 Å². The molecule has 11 nitrogen and oxygen atoms in total. The van der Waals surface area contributed by atoms with Crippen LogP contribution >= 0.6 is 0 Å². The number of carbonyl (C=O) groups excluding carboxylic acids is 3. The molecule has 11 heteroatoms. The van der Waals surface area contributed by atoms with Gasteiger partial charge in [-0.2, -0.15) is 0 Å². The summed E-state index contributed by atoms with van der Waals surface area (Å²) in [7, 11) is 0. The van der Waals surface area contributed by atoms with Crippen LogP contribution in [-0.2, 0) is 30.4 Å². The number of hydrogen-bond donors (Lipinski definition) is 6. The van der Waals surface area contributed by atoms with Gasteiger partial charge in [-0.1, -0.05) is 37.3 Å². The second-order valence-electron chi connectivity index (χ2n) is 7.14. The third-order valence-corrected chi connectivity index (χ3v) is 4.49. The van der Waals surface area contributed by atoms with Crippen LogP contribution in [0.25, 0.3) is 0 Å². The third kappa shape index (κ3) is 9.56. The van der Waals surface area contributed by atoms with Crippen LogP contribution in [0.1, 0.15) is 38.2 Å². The number of hydrogen-bond acceptors (Lipinski definition) is 6. The van der Waals surface area contributed by atoms with Crippen molar-refractivity contribution in [2.45, 2.75) is 57.2 Å². The quantitative estimate of drug-likeness (QED) is 0.217. The van der Waals surface area contributed by atoms with Crippen molar-refractivity contribution in [2.75, 3.05) is 6.61 Å². The average Bonchev–Trinajstić information content (AvgIpc) is 2.74. The summed E-state index contributed by atoms with van der Waals surface area (Å²) in [6.07, 6.45) is 0.0986. The number of amides is 3. The minimum atomic E-state index is -1.61. The molecule has 0 saturated carbocycles. The Bertz CT molecular complexity index is 799. The highest BCUT2D eigenvalue weighted by Gasteiger charge is 2.29. The molecule has 0 aromatic heterocycles. The number of benzene rings is 1. The van der Waals surface area contributed by atoms with Crippen molar-refractivity contribution in [1.82, 2.24) is 16.0 Å². The maximum absolute atomic E-state index is 12.9. The van der Waals surface area contributed by atoms with Crippen molar-refractivity contribution in [1.29, 1.82) is 0 Å². The highest BCUT2D eigenvalue weighted by molar-refractivity contribution is 5.93. The summed E-state index contributed by atoms with van der Waals surface area (Å²) in [5.41, 5.74) is 0.752. The molecule has 0 heterocycles. The molecule has 0 spiro atoms. The summed E-state index contributed by atoms with van der Waals surface area (Å²) in [6.45, 7) is 0.919. The van der Waals surface area contributed by atoms with E-state index in [1.165, 1.54) is 0 Å². The lowest BCUT2D eigenvalue weighted by Crippen LogP contribution is -2.56. The normalized spacial score (nSPS) is 13.3. The minimum absolute atomic E-state index is 0.129. The fourth-order valence-electron chi connectivity index (χ4n) is 2.82. The van der Waals surface area contributed by atoms with Crippen molar-refractivity contribution in [3.05, 3.63) is 35.9 Å². The van der Waals surface area contributed by atoms with Crippen molar-refractivity contribution in [3.8, 4) is 0 Å². The predicted octanol–water partition coefficient (Wildman–Crippen LogP) is -0.575. The lowest BCUT2D eigenvalue weighted by atomic mass is 10.0. The number of carboxylic acids is 2. The fraction of sp³-hybridized carbons (Fsp3) is 0.476. The zero-order valence-corrected chi connectivity index (χ0v) is 17.7. The molecule has 0 radical (unpaired) electrons. The smallest absolute Gasteiger partial charge is 0.328 e. The van der Waals surface area contributed by atoms with E-state index in [9.17, 15) is 24.0 Å². The Morgan fingerprint density at radius 3 is 1.97 bits per heavy atom. The summed E-state index contributed by atoms with van der Waals surface area (Å²) in [5, 5.41) is 34.1. The van der Waals surface area contributed by atoms with Gasteiger partial charge in [-0.05, 0) is 18.4 Å². The van der Waals surface area contributed by atoms with E-state index in [-0.39, 0.29) is 25.2 Å². The Hall–Kier alpha value is -3.47. The van der Waals surface area contributed by atoms with Crippen LogP contribution in [0, 0.1) is 0 Å². The number of aliphatic hydroxyl groups excluding tert-OH is 1. The van der Waals surface area contributed by atoms with Gasteiger partial charge in [-0.25, -0.2) is 4.79 Å². The van der Waals surface area contributed by atoms with Crippen LogP contribution in [-0.4, -0.2) is 69.7 Å². The zero-order valence-electron chi connectivity index (χ0n) is 17.7. The molecule has 1 aromatic carbocycles. The molecule has 3 atom stereocenters. The fourth-order valence-corrected chi connectivity index (χ4v) is 2.82. The molecule has 0 unspecified atom stereocenters. The summed E-state index contributed by atoms with van der Waals surface area (Å²) in [5.74, 6) is -4.75. The molecular weight excluding hydrogens is 422 g/mol. The van der Waals surface area contributed by atoms with E-state index in [1.807, 2.05) is 0 Å². The lowest BCUT2D eigenvalue weighted by Gasteiger charge is -2.24. The minimum Gasteiger partial charge on any atom is -0.481 e. The first-order valence-corrected chi connectivity index (χ1v) is 10.2. The molecule has 0 bridgehead atoms. The van der Waals surface area contributed by atoms with Crippen LogP contribution < -0.4 is 16.0 Å². The molecule has 0 aliphatic carbocycles. The van der Waals surface area contributed by atoms with Gasteiger partial charge in [-0.3, -0.25) is 19.2 Å². The lowest BCUT2D eigenvalue weighted by molar-refractivity contribution is -0.144. The molecule has 0 fully saturated rings. The van der Waals surface area contributed by atoms with E-state index in [1.54, 1.807) is 37.3 Å². The highest BCUT2D eigenvalue weighted by Crippen LogP contribution is 2.06. The second-order valence-corrected chi connectivity index (χ2v) is 7.14. The largest absolute Gasteiger partial charge is 0.481 e. The number of nitrogens with one attached hydrogen (secondary N) is 3. The monoisotopic (exact) mass is 451 g/mol. The van der Waals surface area contributed by atoms with Gasteiger partial charge >= 0.3 is 11.9 Å². The first kappa shape index (κ1) is 26.6. The van der Waals surface area contributed by atoms with Gasteiger partial charge in [0.25, 0.3) is 0 Å². The average molecular weight is 451 g/mol. The molecule has 0 saturated heterocycles. The summed E-state index contributed by atoms with van der Waals surface area (Å²) < 4.78 is 0. The number of aliphatic carboxylic acids is 2. The molecule has 32 heavy (non-hydrogen) atoms. The van der Waals surface area contributed by atoms with Gasteiger partial charge in [0.05, 0.1) is 6.61 Å². The standard InChI is InChI=1S/C21H29N3O8/c1-2-6-17(26)22-15(11-13-7-4-3-5-8-13)20(30)23-14(9-10-18(27)28)19(29)24-16(12-25)21(31)32/h3-5,7-8,14-16,25H,2,6,9-12H2,1H3,(H,22,26)(H,23,30)(H,24,29)(H,27,28)(H,31,32)/t14-,15-,16-/m0/s1. The summed E-state index contributed by atoms with van der Waals surface area (Å²) in [4.78, 5) is 59.5. The highest BCUT2D eigenvalue weighted by atomic mass is 16.4. The molecule has 176 valence electrons. The predicted molar refractivity (Wildman–Crippen MR) is 112 cm³/mol. The van der Waals surface area contributed by atoms with Crippen molar-refractivity contribution in [2.24, 2.45) is 0 Å². The molecule has 3 amide bonds. The Kier molecular flexibility index (Phi) is 11.4. The van der Waals surface area contributed by atoms with Gasteiger partial charge in [-0.15, -0.1) is 0 Å². The maximum Gasteiger partial charge on any atom is 0.328 e. The Morgan fingerprint density at radius 2 is 1.44 bits per heavy atom. The van der Waals surface area contributed by atoms with Crippen LogP contribution in [0.3, 0.4) is 0 Å². The molecule has 0 aliphatic heterocycles. The van der Waals surface area contributed by atoms with E-state index in [4.69, 9.17) is 15.3 Å². The van der Waals surface area contributed by atoms with Crippen LogP contribution in [0.4, 0.5) is 0 Å². The molecular formula is C21H29N3O8. The van der Waals surface area contributed by atoms with Crippen molar-refractivity contribution < 1.29 is 39.3 Å². The van der Waals surface area contributed by atoms with Crippen molar-refractivity contribution >= 4 is 29.7 Å². The molecule has 6 N–H and O–H groups in total.